The number of carbonyl (C=O) groups is 1. The van der Waals surface area contributed by atoms with E-state index in [4.69, 9.17) is 4.74 Å². The van der Waals surface area contributed by atoms with E-state index in [0.29, 0.717) is 18.4 Å². The van der Waals surface area contributed by atoms with Gasteiger partial charge >= 0.3 is 0 Å². The molecule has 4 unspecified atom stereocenters. The SMILES string of the molecule is CCOC1C2CC(C)CCC2C(=O)N1C. The summed E-state index contributed by atoms with van der Waals surface area (Å²) in [5, 5.41) is 0. The first kappa shape index (κ1) is 10.9. The largest absolute Gasteiger partial charge is 0.358 e. The molecule has 0 aromatic carbocycles. The molecule has 2 aliphatic rings. The minimum atomic E-state index is 0.0373. The van der Waals surface area contributed by atoms with E-state index in [1.54, 1.807) is 0 Å². The number of carbonyl (C=O) groups excluding carboxylic acids is 1. The molecule has 1 saturated heterocycles. The van der Waals surface area contributed by atoms with Crippen LogP contribution in [0.5, 0.6) is 0 Å². The van der Waals surface area contributed by atoms with Crippen molar-refractivity contribution in [2.75, 3.05) is 13.7 Å². The molecule has 1 saturated carbocycles. The van der Waals surface area contributed by atoms with Gasteiger partial charge in [0.1, 0.15) is 6.23 Å². The molecule has 86 valence electrons. The van der Waals surface area contributed by atoms with Crippen LogP contribution in [0.1, 0.15) is 33.1 Å². The first-order chi connectivity index (χ1) is 7.15. The van der Waals surface area contributed by atoms with E-state index in [1.165, 1.54) is 6.42 Å². The molecule has 0 N–H and O–H groups in total. The standard InChI is InChI=1S/C12H21NO2/c1-4-15-12-10-7-8(2)5-6-9(10)11(14)13(12)3/h8-10,12H,4-7H2,1-3H3. The zero-order valence-electron chi connectivity index (χ0n) is 9.90. The van der Waals surface area contributed by atoms with Crippen LogP contribution in [0.25, 0.3) is 0 Å². The Morgan fingerprint density at radius 3 is 2.87 bits per heavy atom. The lowest BCUT2D eigenvalue weighted by molar-refractivity contribution is -0.136. The smallest absolute Gasteiger partial charge is 0.227 e. The van der Waals surface area contributed by atoms with Gasteiger partial charge in [0.05, 0.1) is 0 Å². The average molecular weight is 211 g/mol. The number of amides is 1. The van der Waals surface area contributed by atoms with Crippen molar-refractivity contribution in [2.24, 2.45) is 17.8 Å². The fraction of sp³-hybridized carbons (Fsp3) is 0.917. The Morgan fingerprint density at radius 1 is 1.47 bits per heavy atom. The summed E-state index contributed by atoms with van der Waals surface area (Å²) in [5.41, 5.74) is 0. The van der Waals surface area contributed by atoms with E-state index in [1.807, 2.05) is 18.9 Å². The molecule has 4 atom stereocenters. The first-order valence-electron chi connectivity index (χ1n) is 6.03. The highest BCUT2D eigenvalue weighted by Crippen LogP contribution is 2.43. The van der Waals surface area contributed by atoms with Gasteiger partial charge in [-0.05, 0) is 32.1 Å². The summed E-state index contributed by atoms with van der Waals surface area (Å²) in [6.07, 6.45) is 3.43. The van der Waals surface area contributed by atoms with E-state index >= 15 is 0 Å². The van der Waals surface area contributed by atoms with Crippen LogP contribution in [-0.4, -0.2) is 30.7 Å². The van der Waals surface area contributed by atoms with Gasteiger partial charge in [-0.1, -0.05) is 6.92 Å². The Bertz CT molecular complexity index is 254. The molecule has 0 bridgehead atoms. The second-order valence-corrected chi connectivity index (χ2v) is 4.98. The minimum Gasteiger partial charge on any atom is -0.358 e. The molecule has 0 aromatic heterocycles. The highest BCUT2D eigenvalue weighted by molar-refractivity contribution is 5.81. The maximum atomic E-state index is 12.0. The van der Waals surface area contributed by atoms with Gasteiger partial charge in [-0.3, -0.25) is 4.79 Å². The zero-order chi connectivity index (χ0) is 11.0. The van der Waals surface area contributed by atoms with E-state index in [9.17, 15) is 4.79 Å². The van der Waals surface area contributed by atoms with Crippen molar-refractivity contribution >= 4 is 5.91 Å². The van der Waals surface area contributed by atoms with E-state index in [-0.39, 0.29) is 12.1 Å². The molecule has 0 radical (unpaired) electrons. The summed E-state index contributed by atoms with van der Waals surface area (Å²) < 4.78 is 5.71. The van der Waals surface area contributed by atoms with Crippen molar-refractivity contribution < 1.29 is 9.53 Å². The van der Waals surface area contributed by atoms with Gasteiger partial charge < -0.3 is 9.64 Å². The molecule has 1 aliphatic heterocycles. The molecule has 0 spiro atoms. The molecule has 15 heavy (non-hydrogen) atoms. The summed E-state index contributed by atoms with van der Waals surface area (Å²) in [6, 6.07) is 0. The normalized spacial score (nSPS) is 40.7. The summed E-state index contributed by atoms with van der Waals surface area (Å²) >= 11 is 0. The Morgan fingerprint density at radius 2 is 2.20 bits per heavy atom. The lowest BCUT2D eigenvalue weighted by atomic mass is 9.76. The molecule has 0 aromatic rings. The molecule has 3 heteroatoms. The number of likely N-dealkylation sites (tertiary alicyclic amines) is 1. The second kappa shape index (κ2) is 4.12. The second-order valence-electron chi connectivity index (χ2n) is 4.98. The van der Waals surface area contributed by atoms with Crippen molar-refractivity contribution in [3.8, 4) is 0 Å². The molecular weight excluding hydrogens is 190 g/mol. The summed E-state index contributed by atoms with van der Waals surface area (Å²) in [7, 11) is 1.88. The van der Waals surface area contributed by atoms with E-state index in [0.717, 1.165) is 18.8 Å². The topological polar surface area (TPSA) is 29.5 Å². The Hall–Kier alpha value is -0.570. The lowest BCUT2D eigenvalue weighted by Gasteiger charge is -2.31. The van der Waals surface area contributed by atoms with Crippen LogP contribution in [0.2, 0.25) is 0 Å². The van der Waals surface area contributed by atoms with E-state index < -0.39 is 0 Å². The van der Waals surface area contributed by atoms with Crippen LogP contribution in [0.3, 0.4) is 0 Å². The number of ether oxygens (including phenoxy) is 1. The van der Waals surface area contributed by atoms with Crippen LogP contribution < -0.4 is 0 Å². The van der Waals surface area contributed by atoms with Crippen LogP contribution in [-0.2, 0) is 9.53 Å². The van der Waals surface area contributed by atoms with Crippen molar-refractivity contribution in [3.05, 3.63) is 0 Å². The summed E-state index contributed by atoms with van der Waals surface area (Å²) in [6.45, 7) is 4.97. The summed E-state index contributed by atoms with van der Waals surface area (Å²) in [5.74, 6) is 1.72. The van der Waals surface area contributed by atoms with Crippen LogP contribution in [0.15, 0.2) is 0 Å². The van der Waals surface area contributed by atoms with Gasteiger partial charge in [0.15, 0.2) is 0 Å². The van der Waals surface area contributed by atoms with Crippen molar-refractivity contribution in [3.63, 3.8) is 0 Å². The van der Waals surface area contributed by atoms with Crippen molar-refractivity contribution in [1.29, 1.82) is 0 Å². The first-order valence-corrected chi connectivity index (χ1v) is 6.03. The van der Waals surface area contributed by atoms with Gasteiger partial charge in [-0.25, -0.2) is 0 Å². The molecular formula is C12H21NO2. The van der Waals surface area contributed by atoms with Crippen molar-refractivity contribution in [2.45, 2.75) is 39.3 Å². The number of hydrogen-bond acceptors (Lipinski definition) is 2. The third-order valence-electron chi connectivity index (χ3n) is 3.91. The Kier molecular flexibility index (Phi) is 3.01. The fourth-order valence-corrected chi connectivity index (χ4v) is 3.13. The average Bonchev–Trinajstić information content (AvgIpc) is 2.44. The number of rotatable bonds is 2. The van der Waals surface area contributed by atoms with Crippen LogP contribution >= 0.6 is 0 Å². The Labute approximate surface area is 91.8 Å². The highest BCUT2D eigenvalue weighted by Gasteiger charge is 2.48. The minimum absolute atomic E-state index is 0.0373. The van der Waals surface area contributed by atoms with Gasteiger partial charge in [0, 0.05) is 25.5 Å². The predicted molar refractivity (Wildman–Crippen MR) is 58.2 cm³/mol. The third-order valence-corrected chi connectivity index (χ3v) is 3.91. The predicted octanol–water partition coefficient (Wildman–Crippen LogP) is 1.87. The molecule has 3 nitrogen and oxygen atoms in total. The zero-order valence-corrected chi connectivity index (χ0v) is 9.90. The Balaban J connectivity index is 2.14. The molecule has 1 aliphatic carbocycles. The fourth-order valence-electron chi connectivity index (χ4n) is 3.13. The lowest BCUT2D eigenvalue weighted by Crippen LogP contribution is -2.34. The molecule has 1 amide bonds. The third kappa shape index (κ3) is 1.78. The maximum absolute atomic E-state index is 12.0. The van der Waals surface area contributed by atoms with Crippen LogP contribution in [0, 0.1) is 17.8 Å². The summed E-state index contributed by atoms with van der Waals surface area (Å²) in [4.78, 5) is 13.8. The maximum Gasteiger partial charge on any atom is 0.227 e. The van der Waals surface area contributed by atoms with E-state index in [2.05, 4.69) is 6.92 Å². The molecule has 2 fully saturated rings. The highest BCUT2D eigenvalue weighted by atomic mass is 16.5. The number of fused-ring (bicyclic) bond motifs is 1. The number of nitrogens with zero attached hydrogens (tertiary/aromatic N) is 1. The van der Waals surface area contributed by atoms with Gasteiger partial charge in [0.2, 0.25) is 5.91 Å². The molecule has 2 rings (SSSR count). The quantitative estimate of drug-likeness (QED) is 0.698. The van der Waals surface area contributed by atoms with Crippen LogP contribution in [0.4, 0.5) is 0 Å². The monoisotopic (exact) mass is 211 g/mol. The van der Waals surface area contributed by atoms with Gasteiger partial charge in [-0.15, -0.1) is 0 Å². The van der Waals surface area contributed by atoms with Gasteiger partial charge in [0.25, 0.3) is 0 Å². The molecule has 1 heterocycles. The number of hydrogen-bond donors (Lipinski definition) is 0. The van der Waals surface area contributed by atoms with Crippen molar-refractivity contribution in [1.82, 2.24) is 4.90 Å². The van der Waals surface area contributed by atoms with Gasteiger partial charge in [-0.2, -0.15) is 0 Å².